The van der Waals surface area contributed by atoms with Crippen LogP contribution in [0.25, 0.3) is 10.8 Å². The quantitative estimate of drug-likeness (QED) is 0.738. The molecule has 0 spiro atoms. The van der Waals surface area contributed by atoms with Gasteiger partial charge < -0.3 is 4.74 Å². The molecule has 2 fully saturated rings. The molecule has 2 saturated carbocycles. The zero-order valence-electron chi connectivity index (χ0n) is 13.7. The van der Waals surface area contributed by atoms with Crippen LogP contribution in [0.2, 0.25) is 0 Å². The summed E-state index contributed by atoms with van der Waals surface area (Å²) in [4.78, 5) is 4.13. The molecule has 2 nitrogen and oxygen atoms in total. The highest BCUT2D eigenvalue weighted by Gasteiger charge is 2.37. The van der Waals surface area contributed by atoms with E-state index in [1.54, 1.807) is 39.0 Å². The summed E-state index contributed by atoms with van der Waals surface area (Å²) < 4.78 is 5.16. The predicted octanol–water partition coefficient (Wildman–Crippen LogP) is 5.38. The van der Waals surface area contributed by atoms with Gasteiger partial charge in [0.1, 0.15) is 0 Å². The first kappa shape index (κ1) is 15.8. The van der Waals surface area contributed by atoms with E-state index in [-0.39, 0.29) is 0 Å². The van der Waals surface area contributed by atoms with Crippen molar-refractivity contribution < 1.29 is 4.74 Å². The Hall–Kier alpha value is -1.57. The van der Waals surface area contributed by atoms with Gasteiger partial charge in [-0.15, -0.1) is 0 Å². The molecule has 2 aliphatic carbocycles. The fourth-order valence-corrected chi connectivity index (χ4v) is 2.57. The molecule has 1 aromatic carbocycles. The molecule has 0 saturated heterocycles. The molecule has 0 atom stereocenters. The second-order valence-electron chi connectivity index (χ2n) is 5.72. The zero-order valence-corrected chi connectivity index (χ0v) is 13.7. The third-order valence-electron chi connectivity index (χ3n) is 3.99. The number of methoxy groups -OCH3 is 1. The highest BCUT2D eigenvalue weighted by Crippen LogP contribution is 2.49. The summed E-state index contributed by atoms with van der Waals surface area (Å²) in [5, 5.41) is 2.24. The van der Waals surface area contributed by atoms with E-state index >= 15 is 0 Å². The van der Waals surface area contributed by atoms with Crippen molar-refractivity contribution in [3.63, 3.8) is 0 Å². The first-order valence-corrected chi connectivity index (χ1v) is 8.17. The fraction of sp³-hybridized carbons (Fsp3) is 0.526. The fourth-order valence-electron chi connectivity index (χ4n) is 2.57. The Morgan fingerprint density at radius 2 is 1.62 bits per heavy atom. The maximum absolute atomic E-state index is 5.16. The molecule has 0 aliphatic heterocycles. The number of hydrogen-bond acceptors (Lipinski definition) is 2. The van der Waals surface area contributed by atoms with Gasteiger partial charge in [0, 0.05) is 11.6 Å². The molecule has 114 valence electrons. The lowest BCUT2D eigenvalue weighted by molar-refractivity contribution is 0.403. The molecule has 0 amide bonds. The van der Waals surface area contributed by atoms with Crippen LogP contribution in [0.5, 0.6) is 5.88 Å². The van der Waals surface area contributed by atoms with Crippen molar-refractivity contribution in [2.24, 2.45) is 11.8 Å². The second-order valence-corrected chi connectivity index (χ2v) is 5.72. The molecule has 1 aromatic heterocycles. The van der Waals surface area contributed by atoms with Gasteiger partial charge in [0.2, 0.25) is 5.88 Å². The van der Waals surface area contributed by atoms with Gasteiger partial charge in [-0.3, -0.25) is 0 Å². The predicted molar refractivity (Wildman–Crippen MR) is 89.8 cm³/mol. The second kappa shape index (κ2) is 7.44. The molecule has 2 heteroatoms. The Morgan fingerprint density at radius 1 is 1.00 bits per heavy atom. The minimum Gasteiger partial charge on any atom is -0.481 e. The van der Waals surface area contributed by atoms with E-state index in [1.165, 1.54) is 22.8 Å². The first-order chi connectivity index (χ1) is 10.3. The van der Waals surface area contributed by atoms with Crippen molar-refractivity contribution in [2.75, 3.05) is 7.11 Å². The number of pyridine rings is 1. The first-order valence-electron chi connectivity index (χ1n) is 8.17. The maximum atomic E-state index is 5.16. The third kappa shape index (κ3) is 4.45. The SMILES string of the molecule is C1CC1C1CC1.CC.COc1nccc2cc(C)ccc12. The smallest absolute Gasteiger partial charge is 0.221 e. The topological polar surface area (TPSA) is 22.1 Å². The van der Waals surface area contributed by atoms with E-state index in [4.69, 9.17) is 4.74 Å². The lowest BCUT2D eigenvalue weighted by atomic mass is 10.1. The van der Waals surface area contributed by atoms with Crippen LogP contribution < -0.4 is 4.74 Å². The zero-order chi connectivity index (χ0) is 15.2. The van der Waals surface area contributed by atoms with E-state index in [9.17, 15) is 0 Å². The monoisotopic (exact) mass is 285 g/mol. The molecule has 2 aromatic rings. The third-order valence-corrected chi connectivity index (χ3v) is 3.99. The number of ether oxygens (including phenoxy) is 1. The Kier molecular flexibility index (Phi) is 5.60. The molecule has 0 unspecified atom stereocenters. The van der Waals surface area contributed by atoms with Gasteiger partial charge in [-0.25, -0.2) is 4.98 Å². The van der Waals surface area contributed by atoms with Crippen molar-refractivity contribution in [1.82, 2.24) is 4.98 Å². The Labute approximate surface area is 128 Å². The van der Waals surface area contributed by atoms with Gasteiger partial charge in [0.05, 0.1) is 7.11 Å². The highest BCUT2D eigenvalue weighted by molar-refractivity contribution is 5.87. The standard InChI is InChI=1S/C11H11NO.C6H10.C2H6/c1-8-3-4-10-9(7-8)5-6-12-11(10)13-2;1-2-5(1)6-3-4-6;1-2/h3-7H,1-2H3;5-6H,1-4H2;1-2H3. The number of aryl methyl sites for hydroxylation is 1. The Morgan fingerprint density at radius 3 is 2.14 bits per heavy atom. The maximum Gasteiger partial charge on any atom is 0.221 e. The van der Waals surface area contributed by atoms with Gasteiger partial charge in [-0.2, -0.15) is 0 Å². The van der Waals surface area contributed by atoms with Crippen LogP contribution in [0.1, 0.15) is 45.1 Å². The van der Waals surface area contributed by atoms with Crippen LogP contribution >= 0.6 is 0 Å². The van der Waals surface area contributed by atoms with Gasteiger partial charge in [-0.05, 0) is 62.0 Å². The molecule has 2 aliphatic rings. The van der Waals surface area contributed by atoms with Crippen molar-refractivity contribution in [2.45, 2.75) is 46.5 Å². The molecule has 1 heterocycles. The normalized spacial score (nSPS) is 16.4. The highest BCUT2D eigenvalue weighted by atomic mass is 16.5. The summed E-state index contributed by atoms with van der Waals surface area (Å²) in [5.41, 5.74) is 1.25. The van der Waals surface area contributed by atoms with Crippen LogP contribution in [0, 0.1) is 18.8 Å². The Balaban J connectivity index is 0.000000166. The molecule has 0 bridgehead atoms. The van der Waals surface area contributed by atoms with Crippen LogP contribution in [-0.2, 0) is 0 Å². The number of aromatic nitrogens is 1. The minimum atomic E-state index is 0.692. The van der Waals surface area contributed by atoms with E-state index < -0.39 is 0 Å². The summed E-state index contributed by atoms with van der Waals surface area (Å²) in [6.45, 7) is 6.08. The Bertz CT molecular complexity index is 561. The van der Waals surface area contributed by atoms with E-state index in [1.807, 2.05) is 26.0 Å². The molecule has 4 rings (SSSR count). The van der Waals surface area contributed by atoms with Crippen molar-refractivity contribution in [1.29, 1.82) is 0 Å². The van der Waals surface area contributed by atoms with E-state index in [0.717, 1.165) is 5.39 Å². The lowest BCUT2D eigenvalue weighted by Crippen LogP contribution is -1.88. The largest absolute Gasteiger partial charge is 0.481 e. The summed E-state index contributed by atoms with van der Waals surface area (Å²) in [6, 6.07) is 8.22. The average molecular weight is 285 g/mol. The van der Waals surface area contributed by atoms with Crippen LogP contribution in [0.3, 0.4) is 0 Å². The van der Waals surface area contributed by atoms with Crippen LogP contribution in [-0.4, -0.2) is 12.1 Å². The molecule has 0 radical (unpaired) electrons. The van der Waals surface area contributed by atoms with Gasteiger partial charge in [-0.1, -0.05) is 31.5 Å². The van der Waals surface area contributed by atoms with Gasteiger partial charge >= 0.3 is 0 Å². The summed E-state index contributed by atoms with van der Waals surface area (Å²) in [6.07, 6.45) is 8.01. The molecule has 21 heavy (non-hydrogen) atoms. The molecular weight excluding hydrogens is 258 g/mol. The van der Waals surface area contributed by atoms with E-state index in [2.05, 4.69) is 24.0 Å². The lowest BCUT2D eigenvalue weighted by Gasteiger charge is -2.03. The van der Waals surface area contributed by atoms with Crippen LogP contribution in [0.4, 0.5) is 0 Å². The number of hydrogen-bond donors (Lipinski definition) is 0. The molecule has 0 N–H and O–H groups in total. The van der Waals surface area contributed by atoms with Crippen molar-refractivity contribution >= 4 is 10.8 Å². The summed E-state index contributed by atoms with van der Waals surface area (Å²) in [5.74, 6) is 3.12. The van der Waals surface area contributed by atoms with Crippen molar-refractivity contribution in [3.05, 3.63) is 36.0 Å². The molecular formula is C19H27NO. The van der Waals surface area contributed by atoms with Gasteiger partial charge in [0.25, 0.3) is 0 Å². The number of nitrogens with zero attached hydrogens (tertiary/aromatic N) is 1. The summed E-state index contributed by atoms with van der Waals surface area (Å²) >= 11 is 0. The van der Waals surface area contributed by atoms with Gasteiger partial charge in [0.15, 0.2) is 0 Å². The summed E-state index contributed by atoms with van der Waals surface area (Å²) in [7, 11) is 1.64. The minimum absolute atomic E-state index is 0.692. The van der Waals surface area contributed by atoms with Crippen LogP contribution in [0.15, 0.2) is 30.5 Å². The van der Waals surface area contributed by atoms with E-state index in [0.29, 0.717) is 5.88 Å². The number of benzene rings is 1. The number of rotatable bonds is 2. The average Bonchev–Trinajstić information content (AvgIpc) is 3.40. The van der Waals surface area contributed by atoms with Crippen molar-refractivity contribution in [3.8, 4) is 5.88 Å². The number of fused-ring (bicyclic) bond motifs is 1.